The van der Waals surface area contributed by atoms with Crippen molar-refractivity contribution in [3.63, 3.8) is 0 Å². The molecule has 0 aliphatic rings. The number of para-hydroxylation sites is 2. The Morgan fingerprint density at radius 2 is 1.79 bits per heavy atom. The van der Waals surface area contributed by atoms with Gasteiger partial charge in [0.2, 0.25) is 0 Å². The third-order valence-electron chi connectivity index (χ3n) is 1.68. The Morgan fingerprint density at radius 3 is 2.50 bits per heavy atom. The van der Waals surface area contributed by atoms with Crippen molar-refractivity contribution in [2.24, 2.45) is 0 Å². The van der Waals surface area contributed by atoms with Gasteiger partial charge in [0.1, 0.15) is 12.1 Å². The second-order valence-electron chi connectivity index (χ2n) is 2.71. The Kier molecular flexibility index (Phi) is 2.27. The van der Waals surface area contributed by atoms with Crippen LogP contribution in [0.3, 0.4) is 0 Å². The zero-order valence-electron chi connectivity index (χ0n) is 7.42. The topological polar surface area (TPSA) is 61.0 Å². The minimum Gasteiger partial charge on any atom is -0.452 e. The van der Waals surface area contributed by atoms with Gasteiger partial charge in [-0.3, -0.25) is 0 Å². The molecule has 4 nitrogen and oxygen atoms in total. The van der Waals surface area contributed by atoms with E-state index < -0.39 is 0 Å². The van der Waals surface area contributed by atoms with Crippen LogP contribution in [-0.2, 0) is 0 Å². The molecule has 0 aliphatic carbocycles. The molecule has 0 radical (unpaired) electrons. The summed E-state index contributed by atoms with van der Waals surface area (Å²) in [6.07, 6.45) is 4.61. The predicted molar refractivity (Wildman–Crippen MR) is 53.0 cm³/mol. The van der Waals surface area contributed by atoms with Crippen LogP contribution in [0.2, 0.25) is 0 Å². The summed E-state index contributed by atoms with van der Waals surface area (Å²) in [6, 6.07) is 7.28. The number of anilines is 1. The smallest absolute Gasteiger partial charge is 0.164 e. The molecule has 0 amide bonds. The number of nitrogens with zero attached hydrogens (tertiary/aromatic N) is 2. The Morgan fingerprint density at radius 1 is 1.07 bits per heavy atom. The van der Waals surface area contributed by atoms with Crippen LogP contribution in [0.15, 0.2) is 43.0 Å². The van der Waals surface area contributed by atoms with E-state index >= 15 is 0 Å². The molecule has 1 heterocycles. The summed E-state index contributed by atoms with van der Waals surface area (Å²) in [5.41, 5.74) is 6.30. The van der Waals surface area contributed by atoms with E-state index in [1.54, 1.807) is 24.5 Å². The first-order valence-corrected chi connectivity index (χ1v) is 4.13. The zero-order valence-corrected chi connectivity index (χ0v) is 7.42. The number of rotatable bonds is 2. The molecule has 1 aromatic carbocycles. The summed E-state index contributed by atoms with van der Waals surface area (Å²) >= 11 is 0. The standard InChI is InChI=1S/C10H9N3O/c11-9-3-1-2-4-10(9)14-8-5-12-7-13-6-8/h1-7H,11H2. The minimum absolute atomic E-state index is 0.574. The predicted octanol–water partition coefficient (Wildman–Crippen LogP) is 1.85. The average Bonchev–Trinajstić information content (AvgIpc) is 2.23. The monoisotopic (exact) mass is 187 g/mol. The third kappa shape index (κ3) is 1.80. The first-order chi connectivity index (χ1) is 6.86. The van der Waals surface area contributed by atoms with E-state index in [0.29, 0.717) is 17.2 Å². The van der Waals surface area contributed by atoms with Crippen LogP contribution < -0.4 is 10.5 Å². The van der Waals surface area contributed by atoms with Crippen molar-refractivity contribution in [2.45, 2.75) is 0 Å². The minimum atomic E-state index is 0.574. The van der Waals surface area contributed by atoms with Crippen molar-refractivity contribution in [2.75, 3.05) is 5.73 Å². The van der Waals surface area contributed by atoms with Gasteiger partial charge in [0.25, 0.3) is 0 Å². The van der Waals surface area contributed by atoms with Crippen LogP contribution in [0.25, 0.3) is 0 Å². The summed E-state index contributed by atoms with van der Waals surface area (Å²) in [6.45, 7) is 0. The van der Waals surface area contributed by atoms with Crippen LogP contribution >= 0.6 is 0 Å². The summed E-state index contributed by atoms with van der Waals surface area (Å²) in [5.74, 6) is 1.19. The molecular weight excluding hydrogens is 178 g/mol. The molecule has 14 heavy (non-hydrogen) atoms. The molecule has 1 aromatic heterocycles. The highest BCUT2D eigenvalue weighted by Gasteiger charge is 1.99. The molecule has 0 saturated carbocycles. The Hall–Kier alpha value is -2.10. The molecule has 4 heteroatoms. The number of aromatic nitrogens is 2. The average molecular weight is 187 g/mol. The van der Waals surface area contributed by atoms with Gasteiger partial charge in [0.15, 0.2) is 5.75 Å². The molecule has 2 N–H and O–H groups in total. The Bertz CT molecular complexity index is 417. The molecule has 0 bridgehead atoms. The molecule has 2 rings (SSSR count). The fraction of sp³-hybridized carbons (Fsp3) is 0. The van der Waals surface area contributed by atoms with Crippen LogP contribution in [0.1, 0.15) is 0 Å². The van der Waals surface area contributed by atoms with E-state index in [2.05, 4.69) is 9.97 Å². The quantitative estimate of drug-likeness (QED) is 0.729. The molecule has 0 fully saturated rings. The molecule has 70 valence electrons. The van der Waals surface area contributed by atoms with Crippen LogP contribution in [0, 0.1) is 0 Å². The van der Waals surface area contributed by atoms with Crippen LogP contribution in [-0.4, -0.2) is 9.97 Å². The van der Waals surface area contributed by atoms with Crippen molar-refractivity contribution in [1.82, 2.24) is 9.97 Å². The van der Waals surface area contributed by atoms with Crippen molar-refractivity contribution in [3.05, 3.63) is 43.0 Å². The van der Waals surface area contributed by atoms with Gasteiger partial charge in [0.05, 0.1) is 18.1 Å². The summed E-state index contributed by atoms with van der Waals surface area (Å²) in [4.78, 5) is 7.67. The lowest BCUT2D eigenvalue weighted by molar-refractivity contribution is 0.480. The van der Waals surface area contributed by atoms with Crippen LogP contribution in [0.4, 0.5) is 5.69 Å². The maximum absolute atomic E-state index is 5.70. The van der Waals surface area contributed by atoms with Gasteiger partial charge in [-0.1, -0.05) is 12.1 Å². The molecule has 0 unspecified atom stereocenters. The van der Waals surface area contributed by atoms with Gasteiger partial charge < -0.3 is 10.5 Å². The highest BCUT2D eigenvalue weighted by atomic mass is 16.5. The third-order valence-corrected chi connectivity index (χ3v) is 1.68. The molecule has 0 aliphatic heterocycles. The first kappa shape index (κ1) is 8.50. The molecule has 0 saturated heterocycles. The lowest BCUT2D eigenvalue weighted by Gasteiger charge is -2.06. The lowest BCUT2D eigenvalue weighted by atomic mass is 10.3. The maximum atomic E-state index is 5.70. The number of benzene rings is 1. The summed E-state index contributed by atoms with van der Waals surface area (Å²) in [5, 5.41) is 0. The highest BCUT2D eigenvalue weighted by molar-refractivity contribution is 5.53. The van der Waals surface area contributed by atoms with Crippen LogP contribution in [0.5, 0.6) is 11.5 Å². The van der Waals surface area contributed by atoms with E-state index in [1.165, 1.54) is 6.33 Å². The number of nitrogen functional groups attached to an aromatic ring is 1. The van der Waals surface area contributed by atoms with Gasteiger partial charge in [0, 0.05) is 0 Å². The van der Waals surface area contributed by atoms with Crippen molar-refractivity contribution in [1.29, 1.82) is 0 Å². The zero-order chi connectivity index (χ0) is 9.80. The first-order valence-electron chi connectivity index (χ1n) is 4.13. The fourth-order valence-corrected chi connectivity index (χ4v) is 1.04. The van der Waals surface area contributed by atoms with Gasteiger partial charge in [-0.05, 0) is 12.1 Å². The second-order valence-corrected chi connectivity index (χ2v) is 2.71. The Balaban J connectivity index is 2.24. The van der Waals surface area contributed by atoms with Gasteiger partial charge in [-0.25, -0.2) is 9.97 Å². The van der Waals surface area contributed by atoms with E-state index in [9.17, 15) is 0 Å². The van der Waals surface area contributed by atoms with E-state index in [0.717, 1.165) is 0 Å². The SMILES string of the molecule is Nc1ccccc1Oc1cncnc1. The van der Waals surface area contributed by atoms with E-state index in [1.807, 2.05) is 12.1 Å². The van der Waals surface area contributed by atoms with E-state index in [-0.39, 0.29) is 0 Å². The van der Waals surface area contributed by atoms with Gasteiger partial charge >= 0.3 is 0 Å². The van der Waals surface area contributed by atoms with Gasteiger partial charge in [-0.15, -0.1) is 0 Å². The molecule has 0 spiro atoms. The van der Waals surface area contributed by atoms with Gasteiger partial charge in [-0.2, -0.15) is 0 Å². The maximum Gasteiger partial charge on any atom is 0.164 e. The molecule has 0 atom stereocenters. The Labute approximate surface area is 81.4 Å². The number of hydrogen-bond donors (Lipinski definition) is 1. The van der Waals surface area contributed by atoms with Crippen molar-refractivity contribution >= 4 is 5.69 Å². The normalized spacial score (nSPS) is 9.71. The highest BCUT2D eigenvalue weighted by Crippen LogP contribution is 2.25. The molecular formula is C10H9N3O. The number of hydrogen-bond acceptors (Lipinski definition) is 4. The number of ether oxygens (including phenoxy) is 1. The van der Waals surface area contributed by atoms with E-state index in [4.69, 9.17) is 10.5 Å². The lowest BCUT2D eigenvalue weighted by Crippen LogP contribution is -1.91. The summed E-state index contributed by atoms with van der Waals surface area (Å²) in [7, 11) is 0. The largest absolute Gasteiger partial charge is 0.452 e. The molecule has 2 aromatic rings. The number of nitrogens with two attached hydrogens (primary N) is 1. The fourth-order valence-electron chi connectivity index (χ4n) is 1.04. The van der Waals surface area contributed by atoms with Crippen molar-refractivity contribution < 1.29 is 4.74 Å². The van der Waals surface area contributed by atoms with Crippen molar-refractivity contribution in [3.8, 4) is 11.5 Å². The summed E-state index contributed by atoms with van der Waals surface area (Å²) < 4.78 is 5.46. The second kappa shape index (κ2) is 3.74.